The number of nitrogens with one attached hydrogen (secondary N) is 1. The van der Waals surface area contributed by atoms with Crippen molar-refractivity contribution in [2.45, 2.75) is 13.1 Å². The maximum atomic E-state index is 12.9. The molecular formula is C25H24N2O5. The lowest BCUT2D eigenvalue weighted by molar-refractivity contribution is -0.133. The van der Waals surface area contributed by atoms with E-state index in [9.17, 15) is 9.59 Å². The van der Waals surface area contributed by atoms with E-state index >= 15 is 0 Å². The number of hydrogen-bond donors (Lipinski definition) is 1. The molecule has 0 unspecified atom stereocenters. The molecule has 1 N–H and O–H groups in total. The van der Waals surface area contributed by atoms with E-state index in [-0.39, 0.29) is 18.4 Å². The zero-order valence-corrected chi connectivity index (χ0v) is 18.0. The fraction of sp³-hybridized carbons (Fsp3) is 0.200. The summed E-state index contributed by atoms with van der Waals surface area (Å²) in [5.74, 6) is 1.34. The van der Waals surface area contributed by atoms with E-state index in [1.165, 1.54) is 7.11 Å². The first-order valence-corrected chi connectivity index (χ1v) is 10.2. The Morgan fingerprint density at radius 2 is 1.84 bits per heavy atom. The van der Waals surface area contributed by atoms with Crippen molar-refractivity contribution in [3.8, 4) is 17.2 Å². The van der Waals surface area contributed by atoms with Crippen molar-refractivity contribution >= 4 is 17.5 Å². The number of ether oxygens (including phenoxy) is 3. The van der Waals surface area contributed by atoms with Gasteiger partial charge in [0.1, 0.15) is 17.2 Å². The molecule has 164 valence electrons. The summed E-state index contributed by atoms with van der Waals surface area (Å²) in [7, 11) is 3.10. The van der Waals surface area contributed by atoms with Crippen LogP contribution < -0.4 is 19.5 Å². The van der Waals surface area contributed by atoms with E-state index in [0.29, 0.717) is 41.6 Å². The van der Waals surface area contributed by atoms with Gasteiger partial charge in [0.2, 0.25) is 0 Å². The molecule has 0 bridgehead atoms. The maximum absolute atomic E-state index is 12.9. The highest BCUT2D eigenvalue weighted by atomic mass is 16.5. The standard InChI is InChI=1S/C25H24N2O5/c1-30-20-9-10-21(23(13-20)31-2)26-25(29)18-8-11-22-19(12-18)15-27(24(28)16-32-22)14-17-6-4-3-5-7-17/h3-13H,14-16H2,1-2H3,(H,26,29). The van der Waals surface area contributed by atoms with Crippen molar-refractivity contribution in [3.63, 3.8) is 0 Å². The molecule has 0 aliphatic carbocycles. The normalized spacial score (nSPS) is 12.9. The first-order chi connectivity index (χ1) is 15.6. The highest BCUT2D eigenvalue weighted by molar-refractivity contribution is 6.05. The zero-order chi connectivity index (χ0) is 22.5. The fourth-order valence-electron chi connectivity index (χ4n) is 3.55. The van der Waals surface area contributed by atoms with Crippen LogP contribution in [0.5, 0.6) is 17.2 Å². The second kappa shape index (κ2) is 9.43. The summed E-state index contributed by atoms with van der Waals surface area (Å²) in [6, 6.07) is 20.1. The quantitative estimate of drug-likeness (QED) is 0.640. The Kier molecular flexibility index (Phi) is 6.26. The monoisotopic (exact) mass is 432 g/mol. The van der Waals surface area contributed by atoms with Crippen molar-refractivity contribution in [1.29, 1.82) is 0 Å². The van der Waals surface area contributed by atoms with Gasteiger partial charge in [-0.3, -0.25) is 9.59 Å². The van der Waals surface area contributed by atoms with Gasteiger partial charge in [-0.25, -0.2) is 0 Å². The number of benzene rings is 3. The SMILES string of the molecule is COc1ccc(NC(=O)c2ccc3c(c2)CN(Cc2ccccc2)C(=O)CO3)c(OC)c1. The maximum Gasteiger partial charge on any atom is 0.261 e. The third kappa shape index (κ3) is 4.67. The summed E-state index contributed by atoms with van der Waals surface area (Å²) in [4.78, 5) is 27.2. The molecule has 0 aromatic heterocycles. The highest BCUT2D eigenvalue weighted by Crippen LogP contribution is 2.30. The van der Waals surface area contributed by atoms with Crippen molar-refractivity contribution in [3.05, 3.63) is 83.4 Å². The summed E-state index contributed by atoms with van der Waals surface area (Å²) in [6.45, 7) is 0.798. The van der Waals surface area contributed by atoms with E-state index in [1.807, 2.05) is 30.3 Å². The van der Waals surface area contributed by atoms with Gasteiger partial charge in [-0.05, 0) is 35.9 Å². The summed E-state index contributed by atoms with van der Waals surface area (Å²) >= 11 is 0. The number of fused-ring (bicyclic) bond motifs is 1. The van der Waals surface area contributed by atoms with Gasteiger partial charge >= 0.3 is 0 Å². The first-order valence-electron chi connectivity index (χ1n) is 10.2. The molecule has 3 aromatic rings. The largest absolute Gasteiger partial charge is 0.497 e. The molecule has 1 aliphatic heterocycles. The molecule has 0 fully saturated rings. The van der Waals surface area contributed by atoms with Gasteiger partial charge in [0.15, 0.2) is 6.61 Å². The van der Waals surface area contributed by atoms with E-state index in [4.69, 9.17) is 14.2 Å². The van der Waals surface area contributed by atoms with Crippen LogP contribution in [-0.4, -0.2) is 37.5 Å². The van der Waals surface area contributed by atoms with Crippen molar-refractivity contribution in [2.24, 2.45) is 0 Å². The Hall–Kier alpha value is -4.00. The molecular weight excluding hydrogens is 408 g/mol. The molecule has 32 heavy (non-hydrogen) atoms. The van der Waals surface area contributed by atoms with Crippen LogP contribution in [-0.2, 0) is 17.9 Å². The predicted octanol–water partition coefficient (Wildman–Crippen LogP) is 3.88. The highest BCUT2D eigenvalue weighted by Gasteiger charge is 2.23. The minimum absolute atomic E-state index is 0.0333. The molecule has 7 heteroatoms. The third-order valence-corrected chi connectivity index (χ3v) is 5.26. The summed E-state index contributed by atoms with van der Waals surface area (Å²) < 4.78 is 16.2. The predicted molar refractivity (Wildman–Crippen MR) is 120 cm³/mol. The molecule has 3 aromatic carbocycles. The Bertz CT molecular complexity index is 1130. The minimum Gasteiger partial charge on any atom is -0.497 e. The summed E-state index contributed by atoms with van der Waals surface area (Å²) in [5.41, 5.74) is 2.80. The Balaban J connectivity index is 1.55. The van der Waals surface area contributed by atoms with E-state index in [2.05, 4.69) is 5.32 Å². The number of nitrogens with zero attached hydrogens (tertiary/aromatic N) is 1. The zero-order valence-electron chi connectivity index (χ0n) is 18.0. The van der Waals surface area contributed by atoms with E-state index in [1.54, 1.807) is 48.4 Å². The molecule has 0 atom stereocenters. The second-order valence-corrected chi connectivity index (χ2v) is 7.37. The average Bonchev–Trinajstić information content (AvgIpc) is 2.98. The fourth-order valence-corrected chi connectivity index (χ4v) is 3.55. The Morgan fingerprint density at radius 1 is 1.03 bits per heavy atom. The van der Waals surface area contributed by atoms with Crippen molar-refractivity contribution < 1.29 is 23.8 Å². The second-order valence-electron chi connectivity index (χ2n) is 7.37. The van der Waals surface area contributed by atoms with Crippen LogP contribution in [0.25, 0.3) is 0 Å². The number of methoxy groups -OCH3 is 2. The number of anilines is 1. The van der Waals surface area contributed by atoms with Crippen LogP contribution in [0.2, 0.25) is 0 Å². The minimum atomic E-state index is -0.290. The van der Waals surface area contributed by atoms with Gasteiger partial charge in [-0.1, -0.05) is 30.3 Å². The van der Waals surface area contributed by atoms with Gasteiger partial charge in [0.05, 0.1) is 19.9 Å². The average molecular weight is 432 g/mol. The number of carbonyl (C=O) groups excluding carboxylic acids is 2. The van der Waals surface area contributed by atoms with Gasteiger partial charge in [0.25, 0.3) is 11.8 Å². The van der Waals surface area contributed by atoms with Crippen LogP contribution >= 0.6 is 0 Å². The number of carbonyl (C=O) groups is 2. The smallest absolute Gasteiger partial charge is 0.261 e. The summed E-state index contributed by atoms with van der Waals surface area (Å²) in [6.07, 6.45) is 0. The molecule has 1 heterocycles. The van der Waals surface area contributed by atoms with Crippen molar-refractivity contribution in [2.75, 3.05) is 26.1 Å². The van der Waals surface area contributed by atoms with Crippen LogP contribution in [0.15, 0.2) is 66.7 Å². The third-order valence-electron chi connectivity index (χ3n) is 5.26. The molecule has 1 aliphatic rings. The molecule has 0 spiro atoms. The van der Waals surface area contributed by atoms with Crippen LogP contribution in [0.1, 0.15) is 21.5 Å². The summed E-state index contributed by atoms with van der Waals surface area (Å²) in [5, 5.41) is 2.87. The van der Waals surface area contributed by atoms with Gasteiger partial charge in [-0.2, -0.15) is 0 Å². The van der Waals surface area contributed by atoms with Gasteiger partial charge in [0, 0.05) is 30.3 Å². The Morgan fingerprint density at radius 3 is 2.59 bits per heavy atom. The van der Waals surface area contributed by atoms with Crippen LogP contribution in [0.4, 0.5) is 5.69 Å². The lowest BCUT2D eigenvalue weighted by atomic mass is 10.1. The van der Waals surface area contributed by atoms with E-state index < -0.39 is 0 Å². The van der Waals surface area contributed by atoms with Gasteiger partial charge < -0.3 is 24.4 Å². The Labute approximate surface area is 186 Å². The number of amides is 2. The molecule has 2 amide bonds. The number of hydrogen-bond acceptors (Lipinski definition) is 5. The molecule has 0 saturated carbocycles. The molecule has 0 saturated heterocycles. The molecule has 7 nitrogen and oxygen atoms in total. The van der Waals surface area contributed by atoms with E-state index in [0.717, 1.165) is 11.1 Å². The first kappa shape index (κ1) is 21.2. The lowest BCUT2D eigenvalue weighted by Crippen LogP contribution is -2.31. The van der Waals surface area contributed by atoms with Crippen LogP contribution in [0.3, 0.4) is 0 Å². The lowest BCUT2D eigenvalue weighted by Gasteiger charge is -2.20. The molecule has 0 radical (unpaired) electrons. The molecule has 4 rings (SSSR count). The van der Waals surface area contributed by atoms with Crippen molar-refractivity contribution in [1.82, 2.24) is 4.90 Å². The number of rotatable bonds is 6. The van der Waals surface area contributed by atoms with Gasteiger partial charge in [-0.15, -0.1) is 0 Å². The topological polar surface area (TPSA) is 77.1 Å². The van der Waals surface area contributed by atoms with Crippen LogP contribution in [0, 0.1) is 0 Å².